The fraction of sp³-hybridized carbons (Fsp3) is 0.684. The number of ether oxygens (including phenoxy) is 2. The number of guanidine groups is 1. The number of hydrogen-bond acceptors (Lipinski definition) is 5. The molecule has 1 aliphatic heterocycles. The van der Waals surface area contributed by atoms with Gasteiger partial charge < -0.3 is 29.4 Å². The van der Waals surface area contributed by atoms with E-state index in [4.69, 9.17) is 13.9 Å². The van der Waals surface area contributed by atoms with Gasteiger partial charge >= 0.3 is 0 Å². The third-order valence-corrected chi connectivity index (χ3v) is 4.33. The minimum atomic E-state index is -0.216. The number of hydrogen-bond donors (Lipinski definition) is 2. The molecular weight excluding hydrogens is 475 g/mol. The number of rotatable bonds is 10. The summed E-state index contributed by atoms with van der Waals surface area (Å²) in [6.45, 7) is 7.17. The lowest BCUT2D eigenvalue weighted by Crippen LogP contribution is -2.47. The molecule has 0 unspecified atom stereocenters. The summed E-state index contributed by atoms with van der Waals surface area (Å²) in [5, 5.41) is 6.14. The number of nitrogens with one attached hydrogen (secondary N) is 2. The molecule has 8 nitrogen and oxygen atoms in total. The molecule has 1 aliphatic rings. The van der Waals surface area contributed by atoms with Crippen molar-refractivity contribution >= 4 is 35.8 Å². The monoisotopic (exact) mass is 508 g/mol. The first-order valence-corrected chi connectivity index (χ1v) is 9.70. The fourth-order valence-electron chi connectivity index (χ4n) is 2.94. The smallest absolute Gasteiger partial charge is 0.287 e. The summed E-state index contributed by atoms with van der Waals surface area (Å²) in [5.74, 6) is 0.993. The van der Waals surface area contributed by atoms with E-state index in [1.54, 1.807) is 19.2 Å². The number of halogens is 1. The average Bonchev–Trinajstić information content (AvgIpc) is 3.23. The zero-order chi connectivity index (χ0) is 19.3. The van der Waals surface area contributed by atoms with Gasteiger partial charge in [-0.15, -0.1) is 24.0 Å². The predicted molar refractivity (Wildman–Crippen MR) is 119 cm³/mol. The van der Waals surface area contributed by atoms with Crippen molar-refractivity contribution in [2.75, 3.05) is 53.0 Å². The molecule has 0 saturated carbocycles. The Bertz CT molecular complexity index is 560. The van der Waals surface area contributed by atoms with Crippen molar-refractivity contribution in [2.24, 2.45) is 4.99 Å². The van der Waals surface area contributed by atoms with Gasteiger partial charge in [0, 0.05) is 46.5 Å². The third-order valence-electron chi connectivity index (χ3n) is 4.33. The van der Waals surface area contributed by atoms with Gasteiger partial charge in [0.15, 0.2) is 11.7 Å². The maximum Gasteiger partial charge on any atom is 0.287 e. The van der Waals surface area contributed by atoms with E-state index in [0.717, 1.165) is 58.1 Å². The molecule has 0 aliphatic carbocycles. The lowest BCUT2D eigenvalue weighted by Gasteiger charge is -2.34. The van der Waals surface area contributed by atoms with Gasteiger partial charge in [0.2, 0.25) is 0 Å². The van der Waals surface area contributed by atoms with Gasteiger partial charge in [0.1, 0.15) is 0 Å². The van der Waals surface area contributed by atoms with Crippen molar-refractivity contribution in [1.29, 1.82) is 0 Å². The van der Waals surface area contributed by atoms with Gasteiger partial charge in [-0.25, -0.2) is 0 Å². The molecule has 1 aromatic rings. The summed E-state index contributed by atoms with van der Waals surface area (Å²) in [6.07, 6.45) is 4.72. The minimum Gasteiger partial charge on any atom is -0.459 e. The standard InChI is InChI=1S/C19H32N4O4.HI/c1-3-20-19(22-10-9-21-18(24)17-6-4-14-27-17)23-11-7-16(8-12-23)26-15-5-13-25-2;/h4,6,14,16H,3,5,7-13,15H2,1-2H3,(H,20,22)(H,21,24);1H. The second-order valence-corrected chi connectivity index (χ2v) is 6.37. The summed E-state index contributed by atoms with van der Waals surface area (Å²) < 4.78 is 16.0. The average molecular weight is 508 g/mol. The van der Waals surface area contributed by atoms with Crippen molar-refractivity contribution in [3.63, 3.8) is 0 Å². The number of furan rings is 1. The van der Waals surface area contributed by atoms with Crippen LogP contribution in [0.1, 0.15) is 36.7 Å². The lowest BCUT2D eigenvalue weighted by molar-refractivity contribution is 0.00990. The number of methoxy groups -OCH3 is 1. The quantitative estimate of drug-likeness (QED) is 0.218. The summed E-state index contributed by atoms with van der Waals surface area (Å²) in [5.41, 5.74) is 0. The van der Waals surface area contributed by atoms with Crippen LogP contribution in [0.15, 0.2) is 27.8 Å². The Morgan fingerprint density at radius 3 is 2.75 bits per heavy atom. The van der Waals surface area contributed by atoms with Gasteiger partial charge in [-0.05, 0) is 38.3 Å². The van der Waals surface area contributed by atoms with E-state index in [-0.39, 0.29) is 29.9 Å². The van der Waals surface area contributed by atoms with Gasteiger partial charge in [0.05, 0.1) is 18.9 Å². The maximum absolute atomic E-state index is 11.8. The number of piperidine rings is 1. The highest BCUT2D eigenvalue weighted by Crippen LogP contribution is 2.14. The topological polar surface area (TPSA) is 88.3 Å². The number of aliphatic imine (C=N–C) groups is 1. The number of carbonyl (C=O) groups excluding carboxylic acids is 1. The Morgan fingerprint density at radius 1 is 1.32 bits per heavy atom. The van der Waals surface area contributed by atoms with Crippen molar-refractivity contribution in [2.45, 2.75) is 32.3 Å². The number of likely N-dealkylation sites (tertiary alicyclic amines) is 1. The molecule has 2 heterocycles. The van der Waals surface area contributed by atoms with Crippen LogP contribution in [0.5, 0.6) is 0 Å². The van der Waals surface area contributed by atoms with Gasteiger partial charge in [-0.3, -0.25) is 9.79 Å². The largest absolute Gasteiger partial charge is 0.459 e. The van der Waals surface area contributed by atoms with Crippen molar-refractivity contribution in [1.82, 2.24) is 15.5 Å². The molecule has 1 fully saturated rings. The molecule has 1 saturated heterocycles. The molecule has 0 aromatic carbocycles. The van der Waals surface area contributed by atoms with E-state index >= 15 is 0 Å². The van der Waals surface area contributed by atoms with Gasteiger partial charge in [0.25, 0.3) is 5.91 Å². The fourth-order valence-corrected chi connectivity index (χ4v) is 2.94. The van der Waals surface area contributed by atoms with Crippen LogP contribution in [0.25, 0.3) is 0 Å². The molecular formula is C19H33IN4O4. The van der Waals surface area contributed by atoms with E-state index in [9.17, 15) is 4.79 Å². The van der Waals surface area contributed by atoms with Crippen molar-refractivity contribution in [3.05, 3.63) is 24.2 Å². The van der Waals surface area contributed by atoms with Crippen LogP contribution in [0.4, 0.5) is 0 Å². The molecule has 2 rings (SSSR count). The Hall–Kier alpha value is -1.33. The normalized spacial score (nSPS) is 15.2. The SMILES string of the molecule is CCNC(=NCCNC(=O)c1ccco1)N1CCC(OCCCOC)CC1.I. The predicted octanol–water partition coefficient (Wildman–Crippen LogP) is 2.11. The first-order valence-electron chi connectivity index (χ1n) is 9.70. The van der Waals surface area contributed by atoms with E-state index in [1.165, 1.54) is 6.26 Å². The van der Waals surface area contributed by atoms with Gasteiger partial charge in [-0.1, -0.05) is 0 Å². The minimum absolute atomic E-state index is 0. The molecule has 160 valence electrons. The van der Waals surface area contributed by atoms with E-state index in [2.05, 4.69) is 27.4 Å². The number of amides is 1. The third kappa shape index (κ3) is 8.78. The molecule has 2 N–H and O–H groups in total. The Kier molecular flexibility index (Phi) is 12.9. The van der Waals surface area contributed by atoms with E-state index in [0.29, 0.717) is 25.0 Å². The Morgan fingerprint density at radius 2 is 2.11 bits per heavy atom. The van der Waals surface area contributed by atoms with E-state index < -0.39 is 0 Å². The maximum atomic E-state index is 11.8. The number of nitrogens with zero attached hydrogens (tertiary/aromatic N) is 2. The highest BCUT2D eigenvalue weighted by atomic mass is 127. The van der Waals surface area contributed by atoms with Crippen molar-refractivity contribution in [3.8, 4) is 0 Å². The van der Waals surface area contributed by atoms with Crippen LogP contribution < -0.4 is 10.6 Å². The Labute approximate surface area is 184 Å². The zero-order valence-electron chi connectivity index (χ0n) is 16.8. The highest BCUT2D eigenvalue weighted by Gasteiger charge is 2.21. The molecule has 0 radical (unpaired) electrons. The second kappa shape index (κ2) is 14.6. The van der Waals surface area contributed by atoms with Crippen LogP contribution in [-0.4, -0.2) is 75.9 Å². The van der Waals surface area contributed by atoms with Crippen LogP contribution >= 0.6 is 24.0 Å². The van der Waals surface area contributed by atoms with Gasteiger partial charge in [-0.2, -0.15) is 0 Å². The zero-order valence-corrected chi connectivity index (χ0v) is 19.1. The van der Waals surface area contributed by atoms with Crippen molar-refractivity contribution < 1.29 is 18.7 Å². The molecule has 0 bridgehead atoms. The molecule has 9 heteroatoms. The summed E-state index contributed by atoms with van der Waals surface area (Å²) >= 11 is 0. The van der Waals surface area contributed by atoms with Crippen LogP contribution in [0, 0.1) is 0 Å². The van der Waals surface area contributed by atoms with Crippen LogP contribution in [0.2, 0.25) is 0 Å². The second-order valence-electron chi connectivity index (χ2n) is 6.37. The Balaban J connectivity index is 0.00000392. The van der Waals surface area contributed by atoms with Crippen LogP contribution in [0.3, 0.4) is 0 Å². The first-order chi connectivity index (χ1) is 13.2. The molecule has 0 spiro atoms. The molecule has 1 amide bonds. The lowest BCUT2D eigenvalue weighted by atomic mass is 10.1. The molecule has 28 heavy (non-hydrogen) atoms. The molecule has 0 atom stereocenters. The number of carbonyl (C=O) groups is 1. The summed E-state index contributed by atoms with van der Waals surface area (Å²) in [6, 6.07) is 3.34. The van der Waals surface area contributed by atoms with Crippen LogP contribution in [-0.2, 0) is 9.47 Å². The van der Waals surface area contributed by atoms with E-state index in [1.807, 2.05) is 0 Å². The summed E-state index contributed by atoms with van der Waals surface area (Å²) in [4.78, 5) is 18.7. The molecule has 1 aromatic heterocycles. The first kappa shape index (κ1) is 24.7. The summed E-state index contributed by atoms with van der Waals surface area (Å²) in [7, 11) is 1.71. The highest BCUT2D eigenvalue weighted by molar-refractivity contribution is 14.0.